The molecule has 124 valence electrons. The van der Waals surface area contributed by atoms with Crippen molar-refractivity contribution in [3.63, 3.8) is 0 Å². The van der Waals surface area contributed by atoms with Crippen molar-refractivity contribution in [3.05, 3.63) is 34.5 Å². The lowest BCUT2D eigenvalue weighted by atomic mass is 10.1. The van der Waals surface area contributed by atoms with E-state index in [1.54, 1.807) is 6.34 Å². The smallest absolute Gasteiger partial charge is 0.238 e. The Hall–Kier alpha value is -2.67. The number of aromatic amines is 1. The van der Waals surface area contributed by atoms with Crippen molar-refractivity contribution in [1.29, 1.82) is 0 Å². The number of aromatic hydroxyl groups is 1. The second kappa shape index (κ2) is 6.45. The Morgan fingerprint density at radius 3 is 3.25 bits per heavy atom. The Morgan fingerprint density at radius 1 is 1.33 bits per heavy atom. The molecule has 7 nitrogen and oxygen atoms in total. The van der Waals surface area contributed by atoms with Gasteiger partial charge in [0.1, 0.15) is 12.0 Å². The third-order valence-corrected chi connectivity index (χ3v) is 4.17. The topological polar surface area (TPSA) is 94.9 Å². The molecule has 0 spiro atoms. The first-order valence-electron chi connectivity index (χ1n) is 8.13. The van der Waals surface area contributed by atoms with Crippen LogP contribution >= 0.6 is 0 Å². The van der Waals surface area contributed by atoms with Gasteiger partial charge in [0.25, 0.3) is 0 Å². The highest BCUT2D eigenvalue weighted by Crippen LogP contribution is 2.19. The summed E-state index contributed by atoms with van der Waals surface area (Å²) in [7, 11) is 0. The summed E-state index contributed by atoms with van der Waals surface area (Å²) in [6.45, 7) is 1.47. The zero-order chi connectivity index (χ0) is 16.4. The van der Waals surface area contributed by atoms with Crippen molar-refractivity contribution in [1.82, 2.24) is 9.97 Å². The number of nitrogens with one attached hydrogen (secondary N) is 2. The van der Waals surface area contributed by atoms with Gasteiger partial charge in [0.2, 0.25) is 11.8 Å². The minimum absolute atomic E-state index is 0.0271. The van der Waals surface area contributed by atoms with Crippen molar-refractivity contribution < 1.29 is 9.84 Å². The van der Waals surface area contributed by atoms with Crippen molar-refractivity contribution in [2.75, 3.05) is 18.5 Å². The van der Waals surface area contributed by atoms with Crippen LogP contribution in [-0.4, -0.2) is 40.7 Å². The van der Waals surface area contributed by atoms with E-state index in [0.29, 0.717) is 18.2 Å². The number of aromatic nitrogens is 2. The van der Waals surface area contributed by atoms with E-state index in [4.69, 9.17) is 4.74 Å². The third-order valence-electron chi connectivity index (χ3n) is 4.17. The number of anilines is 1. The van der Waals surface area contributed by atoms with E-state index in [0.717, 1.165) is 42.1 Å². The molecule has 1 atom stereocenters. The molecule has 24 heavy (non-hydrogen) atoms. The molecule has 1 unspecified atom stereocenters. The van der Waals surface area contributed by atoms with Gasteiger partial charge in [-0.3, -0.25) is 0 Å². The monoisotopic (exact) mass is 325 g/mol. The van der Waals surface area contributed by atoms with Crippen molar-refractivity contribution in [2.45, 2.75) is 25.3 Å². The summed E-state index contributed by atoms with van der Waals surface area (Å²) in [6, 6.07) is 5.98. The van der Waals surface area contributed by atoms with Gasteiger partial charge in [-0.1, -0.05) is 6.07 Å². The quantitative estimate of drug-likeness (QED) is 0.791. The molecule has 7 heteroatoms. The number of aliphatic imine (C=N–C) groups is 1. The Bertz CT molecular complexity index is 879. The zero-order valence-corrected chi connectivity index (χ0v) is 13.2. The molecule has 2 aliphatic heterocycles. The number of fused-ring (bicyclic) bond motifs is 1. The van der Waals surface area contributed by atoms with E-state index < -0.39 is 0 Å². The molecule has 0 saturated carbocycles. The molecular formula is C17H19N5O2. The predicted octanol–water partition coefficient (Wildman–Crippen LogP) is 1.22. The second-order valence-corrected chi connectivity index (χ2v) is 6.00. The van der Waals surface area contributed by atoms with E-state index in [2.05, 4.69) is 25.3 Å². The number of ether oxygens (including phenoxy) is 1. The number of rotatable bonds is 3. The molecule has 0 radical (unpaired) electrons. The van der Waals surface area contributed by atoms with Gasteiger partial charge in [-0.2, -0.15) is 4.98 Å². The summed E-state index contributed by atoms with van der Waals surface area (Å²) in [6.07, 6.45) is 6.63. The van der Waals surface area contributed by atoms with Crippen LogP contribution in [-0.2, 0) is 4.74 Å². The lowest BCUT2D eigenvalue weighted by Gasteiger charge is -2.14. The second-order valence-electron chi connectivity index (χ2n) is 6.00. The van der Waals surface area contributed by atoms with E-state index >= 15 is 0 Å². The predicted molar refractivity (Wildman–Crippen MR) is 91.3 cm³/mol. The Labute approximate surface area is 138 Å². The molecule has 3 heterocycles. The molecule has 0 bridgehead atoms. The van der Waals surface area contributed by atoms with Crippen LogP contribution < -0.4 is 15.9 Å². The van der Waals surface area contributed by atoms with Gasteiger partial charge >= 0.3 is 0 Å². The molecule has 1 saturated heterocycles. The summed E-state index contributed by atoms with van der Waals surface area (Å²) >= 11 is 0. The van der Waals surface area contributed by atoms with Crippen LogP contribution in [0.2, 0.25) is 0 Å². The summed E-state index contributed by atoms with van der Waals surface area (Å²) in [5.41, 5.74) is 1.39. The number of hydrogen-bond acceptors (Lipinski definition) is 6. The average molecular weight is 325 g/mol. The van der Waals surface area contributed by atoms with Crippen LogP contribution in [0.3, 0.4) is 0 Å². The van der Waals surface area contributed by atoms with Crippen molar-refractivity contribution >= 4 is 24.1 Å². The Kier molecular flexibility index (Phi) is 4.00. The highest BCUT2D eigenvalue weighted by molar-refractivity contribution is 5.67. The lowest BCUT2D eigenvalue weighted by Crippen LogP contribution is -2.24. The molecule has 2 aliphatic rings. The fourth-order valence-corrected chi connectivity index (χ4v) is 2.92. The number of nitrogens with zero attached hydrogens (tertiary/aromatic N) is 3. The number of hydrogen-bond donors (Lipinski definition) is 3. The maximum absolute atomic E-state index is 10.1. The normalized spacial score (nSPS) is 20.5. The van der Waals surface area contributed by atoms with Gasteiger partial charge in [0.05, 0.1) is 23.7 Å². The molecule has 4 rings (SSSR count). The van der Waals surface area contributed by atoms with Gasteiger partial charge in [-0.25, -0.2) is 9.98 Å². The summed E-state index contributed by atoms with van der Waals surface area (Å²) in [4.78, 5) is 15.6. The van der Waals surface area contributed by atoms with Gasteiger partial charge in [0.15, 0.2) is 0 Å². The van der Waals surface area contributed by atoms with Crippen LogP contribution in [0.15, 0.2) is 28.2 Å². The number of H-pyrrole nitrogens is 1. The molecule has 1 aromatic heterocycles. The van der Waals surface area contributed by atoms with Gasteiger partial charge in [-0.15, -0.1) is 0 Å². The molecule has 1 fully saturated rings. The standard InChI is InChI=1S/C17H19N5O2/c23-16-15(8-11-4-5-13-14(7-11)19-10-18-13)21-17(22-16)20-12-3-1-2-6-24-9-12/h4-5,7-8,10,12,23H,1-3,6,9H2,(H2,20,21,22). The molecule has 3 N–H and O–H groups in total. The van der Waals surface area contributed by atoms with Crippen LogP contribution in [0.4, 0.5) is 11.6 Å². The lowest BCUT2D eigenvalue weighted by molar-refractivity contribution is 0.138. The Balaban J connectivity index is 1.56. The van der Waals surface area contributed by atoms with Crippen molar-refractivity contribution in [3.8, 4) is 5.88 Å². The Morgan fingerprint density at radius 2 is 2.29 bits per heavy atom. The molecule has 1 aromatic carbocycles. The third kappa shape index (κ3) is 3.16. The first-order valence-corrected chi connectivity index (χ1v) is 8.13. The first-order chi connectivity index (χ1) is 11.8. The molecule has 0 aliphatic carbocycles. The van der Waals surface area contributed by atoms with Gasteiger partial charge in [-0.05, 0) is 42.7 Å². The van der Waals surface area contributed by atoms with Crippen molar-refractivity contribution in [2.24, 2.45) is 9.98 Å². The zero-order valence-electron chi connectivity index (χ0n) is 13.2. The summed E-state index contributed by atoms with van der Waals surface area (Å²) in [5.74, 6) is 0.532. The van der Waals surface area contributed by atoms with E-state index in [-0.39, 0.29) is 11.9 Å². The summed E-state index contributed by atoms with van der Waals surface area (Å²) < 4.78 is 5.56. The number of benzene rings is 1. The maximum atomic E-state index is 10.1. The fraction of sp³-hybridized carbons (Fsp3) is 0.353. The SMILES string of the molecule is Oc1nc(NC2CCCCOC2)[nH]c1C=c1ccc2c(c1)N=CN=2. The summed E-state index contributed by atoms with van der Waals surface area (Å²) in [5, 5.41) is 15.2. The molecule has 2 aromatic rings. The average Bonchev–Trinajstić information content (AvgIpc) is 3.07. The fourth-order valence-electron chi connectivity index (χ4n) is 2.92. The largest absolute Gasteiger partial charge is 0.492 e. The highest BCUT2D eigenvalue weighted by Gasteiger charge is 2.15. The first kappa shape index (κ1) is 14.9. The van der Waals surface area contributed by atoms with Crippen LogP contribution in [0, 0.1) is 0 Å². The molecule has 0 amide bonds. The number of imidazole rings is 1. The van der Waals surface area contributed by atoms with E-state index in [1.165, 1.54) is 0 Å². The van der Waals surface area contributed by atoms with Crippen LogP contribution in [0.1, 0.15) is 25.0 Å². The van der Waals surface area contributed by atoms with E-state index in [9.17, 15) is 5.11 Å². The van der Waals surface area contributed by atoms with E-state index in [1.807, 2.05) is 24.3 Å². The van der Waals surface area contributed by atoms with Crippen LogP contribution in [0.5, 0.6) is 5.88 Å². The molecular weight excluding hydrogens is 306 g/mol. The highest BCUT2D eigenvalue weighted by atomic mass is 16.5. The maximum Gasteiger partial charge on any atom is 0.238 e. The van der Waals surface area contributed by atoms with Crippen LogP contribution in [0.25, 0.3) is 6.08 Å². The van der Waals surface area contributed by atoms with Gasteiger partial charge < -0.3 is 20.1 Å². The minimum atomic E-state index is -0.0271. The van der Waals surface area contributed by atoms with Gasteiger partial charge in [0, 0.05) is 6.61 Å². The minimum Gasteiger partial charge on any atom is -0.492 e.